The summed E-state index contributed by atoms with van der Waals surface area (Å²) in [5.74, 6) is -1.29. The van der Waals surface area contributed by atoms with E-state index in [2.05, 4.69) is 27.5 Å². The summed E-state index contributed by atoms with van der Waals surface area (Å²) < 4.78 is 15.2. The summed E-state index contributed by atoms with van der Waals surface area (Å²) in [4.78, 5) is 35.1. The zero-order valence-electron chi connectivity index (χ0n) is 17.6. The van der Waals surface area contributed by atoms with Crippen molar-refractivity contribution in [2.45, 2.75) is 12.8 Å². The monoisotopic (exact) mass is 426 g/mol. The molecule has 0 spiro atoms. The maximum Gasteiger partial charge on any atom is 0.407 e. The van der Waals surface area contributed by atoms with Crippen LogP contribution in [0.2, 0.25) is 0 Å². The number of amides is 2. The molecule has 2 aromatic rings. The Bertz CT molecular complexity index is 900. The van der Waals surface area contributed by atoms with Crippen molar-refractivity contribution >= 4 is 18.0 Å². The van der Waals surface area contributed by atoms with Crippen molar-refractivity contribution < 1.29 is 28.6 Å². The molecule has 31 heavy (non-hydrogen) atoms. The predicted octanol–water partition coefficient (Wildman–Crippen LogP) is 2.42. The highest BCUT2D eigenvalue weighted by Crippen LogP contribution is 2.44. The van der Waals surface area contributed by atoms with Crippen LogP contribution >= 0.6 is 0 Å². The second kappa shape index (κ2) is 10.6. The Morgan fingerprint density at radius 1 is 0.968 bits per heavy atom. The van der Waals surface area contributed by atoms with E-state index in [-0.39, 0.29) is 38.4 Å². The van der Waals surface area contributed by atoms with Gasteiger partial charge in [0.2, 0.25) is 5.91 Å². The molecule has 0 aliphatic heterocycles. The first-order chi connectivity index (χ1) is 15.0. The highest BCUT2D eigenvalue weighted by atomic mass is 16.5. The lowest BCUT2D eigenvalue weighted by Gasteiger charge is -2.14. The van der Waals surface area contributed by atoms with Gasteiger partial charge in [0.25, 0.3) is 0 Å². The molecule has 8 nitrogen and oxygen atoms in total. The van der Waals surface area contributed by atoms with Crippen molar-refractivity contribution in [3.05, 3.63) is 59.7 Å². The van der Waals surface area contributed by atoms with Crippen molar-refractivity contribution in [1.82, 2.24) is 10.6 Å². The standard InChI is InChI=1S/C23H26N2O6/c1-15(22(27)29-2)12-30-14-25-21(26)11-24-23(28)31-13-20-18-9-5-3-7-16(18)17-8-4-6-10-19(17)20/h3-10,15,20H,11-14H2,1-2H3,(H,24,28)(H,25,26). The molecular weight excluding hydrogens is 400 g/mol. The fraction of sp³-hybridized carbons (Fsp3) is 0.348. The van der Waals surface area contributed by atoms with Gasteiger partial charge in [0.1, 0.15) is 19.9 Å². The largest absolute Gasteiger partial charge is 0.469 e. The lowest BCUT2D eigenvalue weighted by molar-refractivity contribution is -0.146. The molecule has 0 heterocycles. The number of alkyl carbamates (subject to hydrolysis) is 1. The number of hydrogen-bond donors (Lipinski definition) is 2. The summed E-state index contributed by atoms with van der Waals surface area (Å²) in [7, 11) is 1.30. The molecule has 8 heteroatoms. The third-order valence-electron chi connectivity index (χ3n) is 5.08. The molecule has 1 unspecified atom stereocenters. The molecule has 3 rings (SSSR count). The number of fused-ring (bicyclic) bond motifs is 3. The number of carbonyl (C=O) groups excluding carboxylic acids is 3. The van der Waals surface area contributed by atoms with Crippen molar-refractivity contribution in [3.8, 4) is 11.1 Å². The number of hydrogen-bond acceptors (Lipinski definition) is 6. The van der Waals surface area contributed by atoms with Crippen LogP contribution < -0.4 is 10.6 Å². The highest BCUT2D eigenvalue weighted by molar-refractivity contribution is 5.82. The van der Waals surface area contributed by atoms with Gasteiger partial charge in [-0.2, -0.15) is 0 Å². The van der Waals surface area contributed by atoms with Gasteiger partial charge in [0, 0.05) is 5.92 Å². The number of benzene rings is 2. The number of ether oxygens (including phenoxy) is 3. The molecule has 0 fully saturated rings. The quantitative estimate of drug-likeness (QED) is 0.363. The molecule has 1 aliphatic carbocycles. The number of methoxy groups -OCH3 is 1. The average Bonchev–Trinajstić information content (AvgIpc) is 3.12. The molecular formula is C23H26N2O6. The molecule has 2 N–H and O–H groups in total. The van der Waals surface area contributed by atoms with Crippen LogP contribution in [0.1, 0.15) is 24.0 Å². The van der Waals surface area contributed by atoms with E-state index >= 15 is 0 Å². The topological polar surface area (TPSA) is 103 Å². The van der Waals surface area contributed by atoms with Crippen LogP contribution in [0.15, 0.2) is 48.5 Å². The Labute approximate surface area is 180 Å². The molecule has 2 aromatic carbocycles. The number of rotatable bonds is 9. The van der Waals surface area contributed by atoms with E-state index in [0.717, 1.165) is 22.3 Å². The SMILES string of the molecule is COC(=O)C(C)COCNC(=O)CNC(=O)OCC1c2ccccc2-c2ccccc21. The summed E-state index contributed by atoms with van der Waals surface area (Å²) in [6.45, 7) is 1.63. The van der Waals surface area contributed by atoms with Crippen LogP contribution in [-0.2, 0) is 23.8 Å². The van der Waals surface area contributed by atoms with Gasteiger partial charge < -0.3 is 24.8 Å². The third kappa shape index (κ3) is 5.61. The molecule has 0 saturated carbocycles. The van der Waals surface area contributed by atoms with Crippen LogP contribution in [0.3, 0.4) is 0 Å². The van der Waals surface area contributed by atoms with Gasteiger partial charge in [-0.05, 0) is 29.2 Å². The van der Waals surface area contributed by atoms with Gasteiger partial charge in [0.05, 0.1) is 19.6 Å². The lowest BCUT2D eigenvalue weighted by atomic mass is 9.98. The summed E-state index contributed by atoms with van der Waals surface area (Å²) in [6, 6.07) is 16.1. The highest BCUT2D eigenvalue weighted by Gasteiger charge is 2.29. The van der Waals surface area contributed by atoms with Crippen molar-refractivity contribution in [1.29, 1.82) is 0 Å². The summed E-state index contributed by atoms with van der Waals surface area (Å²) >= 11 is 0. The second-order valence-electron chi connectivity index (χ2n) is 7.22. The summed E-state index contributed by atoms with van der Waals surface area (Å²) in [6.07, 6.45) is -0.669. The minimum atomic E-state index is -0.669. The average molecular weight is 426 g/mol. The van der Waals surface area contributed by atoms with Gasteiger partial charge in [-0.15, -0.1) is 0 Å². The Morgan fingerprint density at radius 2 is 1.58 bits per heavy atom. The van der Waals surface area contributed by atoms with Crippen LogP contribution in [0.25, 0.3) is 11.1 Å². The van der Waals surface area contributed by atoms with Crippen molar-refractivity contribution in [2.75, 3.05) is 33.6 Å². The van der Waals surface area contributed by atoms with E-state index in [1.807, 2.05) is 36.4 Å². The van der Waals surface area contributed by atoms with E-state index in [1.54, 1.807) is 6.92 Å². The smallest absolute Gasteiger partial charge is 0.407 e. The van der Waals surface area contributed by atoms with E-state index in [9.17, 15) is 14.4 Å². The first-order valence-corrected chi connectivity index (χ1v) is 10.0. The van der Waals surface area contributed by atoms with E-state index in [4.69, 9.17) is 9.47 Å². The van der Waals surface area contributed by atoms with E-state index in [1.165, 1.54) is 7.11 Å². The third-order valence-corrected chi connectivity index (χ3v) is 5.08. The molecule has 164 valence electrons. The minimum absolute atomic E-state index is 0.0443. The molecule has 0 radical (unpaired) electrons. The Hall–Kier alpha value is -3.39. The minimum Gasteiger partial charge on any atom is -0.469 e. The van der Waals surface area contributed by atoms with Gasteiger partial charge >= 0.3 is 12.1 Å². The number of carbonyl (C=O) groups is 3. The summed E-state index contributed by atoms with van der Waals surface area (Å²) in [5.41, 5.74) is 4.53. The van der Waals surface area contributed by atoms with E-state index < -0.39 is 17.9 Å². The van der Waals surface area contributed by atoms with E-state index in [0.29, 0.717) is 0 Å². The zero-order valence-corrected chi connectivity index (χ0v) is 17.6. The number of esters is 1. The van der Waals surface area contributed by atoms with Gasteiger partial charge in [0.15, 0.2) is 0 Å². The molecule has 1 atom stereocenters. The second-order valence-corrected chi connectivity index (χ2v) is 7.22. The van der Waals surface area contributed by atoms with Crippen LogP contribution in [0, 0.1) is 5.92 Å². The molecule has 0 bridgehead atoms. The Balaban J connectivity index is 1.40. The van der Waals surface area contributed by atoms with Crippen molar-refractivity contribution in [2.24, 2.45) is 5.92 Å². The predicted molar refractivity (Wildman–Crippen MR) is 113 cm³/mol. The Morgan fingerprint density at radius 3 is 2.19 bits per heavy atom. The van der Waals surface area contributed by atoms with Gasteiger partial charge in [-0.1, -0.05) is 48.5 Å². The normalized spacial score (nSPS) is 13.0. The van der Waals surface area contributed by atoms with Gasteiger partial charge in [-0.25, -0.2) is 4.79 Å². The first-order valence-electron chi connectivity index (χ1n) is 10.0. The van der Waals surface area contributed by atoms with Crippen LogP contribution in [0.4, 0.5) is 4.79 Å². The maximum absolute atomic E-state index is 12.1. The molecule has 0 aromatic heterocycles. The van der Waals surface area contributed by atoms with Crippen molar-refractivity contribution in [3.63, 3.8) is 0 Å². The molecule has 1 aliphatic rings. The molecule has 2 amide bonds. The number of nitrogens with one attached hydrogen (secondary N) is 2. The molecule has 0 saturated heterocycles. The lowest BCUT2D eigenvalue weighted by Crippen LogP contribution is -2.38. The summed E-state index contributed by atoms with van der Waals surface area (Å²) in [5, 5.41) is 4.92. The fourth-order valence-electron chi connectivity index (χ4n) is 3.50. The maximum atomic E-state index is 12.1. The zero-order chi connectivity index (χ0) is 22.2. The van der Waals surface area contributed by atoms with Crippen LogP contribution in [0.5, 0.6) is 0 Å². The Kier molecular flexibility index (Phi) is 7.61. The fourth-order valence-corrected chi connectivity index (χ4v) is 3.50. The van der Waals surface area contributed by atoms with Crippen LogP contribution in [-0.4, -0.2) is 51.6 Å². The van der Waals surface area contributed by atoms with Gasteiger partial charge in [-0.3, -0.25) is 9.59 Å². The first kappa shape index (κ1) is 22.3.